The number of carbonyl (C=O) groups is 1. The maximum atomic E-state index is 13.0. The number of carbonyl (C=O) groups excluding carboxylic acids is 1. The van der Waals surface area contributed by atoms with Gasteiger partial charge >= 0.3 is 6.36 Å². The van der Waals surface area contributed by atoms with Crippen molar-refractivity contribution in [1.82, 2.24) is 10.3 Å². The Labute approximate surface area is 160 Å². The second-order valence-corrected chi connectivity index (χ2v) is 7.30. The third-order valence-corrected chi connectivity index (χ3v) is 5.33. The Morgan fingerprint density at radius 3 is 2.64 bits per heavy atom. The summed E-state index contributed by atoms with van der Waals surface area (Å²) in [5, 5.41) is 3.09. The molecule has 2 aliphatic rings. The molecule has 0 radical (unpaired) electrons. The van der Waals surface area contributed by atoms with E-state index in [9.17, 15) is 18.0 Å². The van der Waals surface area contributed by atoms with Crippen molar-refractivity contribution in [2.24, 2.45) is 0 Å². The molecule has 0 unspecified atom stereocenters. The third kappa shape index (κ3) is 4.01. The minimum atomic E-state index is -4.77. The highest BCUT2D eigenvalue weighted by Crippen LogP contribution is 2.41. The van der Waals surface area contributed by atoms with Crippen molar-refractivity contribution >= 4 is 5.91 Å². The van der Waals surface area contributed by atoms with Gasteiger partial charge in [0.15, 0.2) is 0 Å². The van der Waals surface area contributed by atoms with Crippen LogP contribution in [-0.4, -0.2) is 30.5 Å². The fraction of sp³-hybridized carbons (Fsp3) is 0.450. The lowest BCUT2D eigenvalue weighted by atomic mass is 9.82. The molecule has 1 aromatic heterocycles. The average molecular weight is 394 g/mol. The Morgan fingerprint density at radius 2 is 1.96 bits per heavy atom. The van der Waals surface area contributed by atoms with E-state index in [0.29, 0.717) is 43.1 Å². The van der Waals surface area contributed by atoms with E-state index < -0.39 is 11.9 Å². The summed E-state index contributed by atoms with van der Waals surface area (Å²) in [5.74, 6) is -0.150. The Balaban J connectivity index is 1.62. The van der Waals surface area contributed by atoms with Gasteiger partial charge in [0.25, 0.3) is 5.91 Å². The first kappa shape index (κ1) is 18.9. The second-order valence-electron chi connectivity index (χ2n) is 7.30. The van der Waals surface area contributed by atoms with Crippen LogP contribution in [0, 0.1) is 0 Å². The fourth-order valence-electron chi connectivity index (χ4n) is 3.77. The minimum Gasteiger partial charge on any atom is -0.406 e. The van der Waals surface area contributed by atoms with E-state index in [1.54, 1.807) is 18.3 Å². The maximum Gasteiger partial charge on any atom is 0.573 e. The van der Waals surface area contributed by atoms with Gasteiger partial charge in [-0.05, 0) is 55.4 Å². The molecular formula is C20H21F3N2O3. The number of ether oxygens (including phenoxy) is 2. The number of alkyl halides is 3. The van der Waals surface area contributed by atoms with Crippen LogP contribution >= 0.6 is 0 Å². The summed E-state index contributed by atoms with van der Waals surface area (Å²) in [4.78, 5) is 16.2. The molecule has 0 bridgehead atoms. The fourth-order valence-corrected chi connectivity index (χ4v) is 3.77. The smallest absolute Gasteiger partial charge is 0.406 e. The van der Waals surface area contributed by atoms with Crippen LogP contribution in [0.15, 0.2) is 36.5 Å². The normalized spacial score (nSPS) is 19.2. The first-order valence-corrected chi connectivity index (χ1v) is 9.30. The molecule has 2 heterocycles. The molecule has 1 saturated heterocycles. The highest BCUT2D eigenvalue weighted by atomic mass is 19.4. The molecule has 2 aromatic rings. The Bertz CT molecular complexity index is 852. The number of amides is 1. The molecule has 4 rings (SSSR count). The number of benzene rings is 1. The Kier molecular flexibility index (Phi) is 4.82. The lowest BCUT2D eigenvalue weighted by Gasteiger charge is -2.38. The number of aromatic nitrogens is 1. The maximum absolute atomic E-state index is 13.0. The van der Waals surface area contributed by atoms with Crippen molar-refractivity contribution < 1.29 is 27.4 Å². The molecule has 1 amide bonds. The summed E-state index contributed by atoms with van der Waals surface area (Å²) in [5.41, 5.74) is 1.29. The van der Waals surface area contributed by atoms with Gasteiger partial charge in [-0.3, -0.25) is 4.79 Å². The first-order chi connectivity index (χ1) is 13.4. The van der Waals surface area contributed by atoms with Gasteiger partial charge in [-0.1, -0.05) is 12.1 Å². The summed E-state index contributed by atoms with van der Waals surface area (Å²) in [6.07, 6.45) is 0.0218. The third-order valence-electron chi connectivity index (χ3n) is 5.33. The van der Waals surface area contributed by atoms with Crippen molar-refractivity contribution in [3.05, 3.63) is 53.3 Å². The highest BCUT2D eigenvalue weighted by molar-refractivity contribution is 5.96. The topological polar surface area (TPSA) is 63.4 Å². The molecule has 8 heteroatoms. The van der Waals surface area contributed by atoms with Crippen molar-refractivity contribution in [2.45, 2.75) is 43.5 Å². The zero-order chi connectivity index (χ0) is 19.8. The van der Waals surface area contributed by atoms with E-state index >= 15 is 0 Å². The second kappa shape index (κ2) is 7.16. The molecule has 0 spiro atoms. The van der Waals surface area contributed by atoms with Gasteiger partial charge in [-0.25, -0.2) is 0 Å². The molecule has 5 nitrogen and oxygen atoms in total. The molecule has 0 atom stereocenters. The molecule has 2 N–H and O–H groups in total. The Hall–Kier alpha value is -2.48. The van der Waals surface area contributed by atoms with Gasteiger partial charge in [0, 0.05) is 25.1 Å². The highest BCUT2D eigenvalue weighted by Gasteiger charge is 2.39. The van der Waals surface area contributed by atoms with E-state index in [0.717, 1.165) is 18.5 Å². The van der Waals surface area contributed by atoms with E-state index in [1.807, 2.05) is 0 Å². The summed E-state index contributed by atoms with van der Waals surface area (Å²) in [6, 6.07) is 7.57. The van der Waals surface area contributed by atoms with Crippen LogP contribution in [-0.2, 0) is 10.3 Å². The molecule has 150 valence electrons. The number of halogens is 3. The lowest BCUT2D eigenvalue weighted by molar-refractivity contribution is -0.274. The molecule has 2 fully saturated rings. The van der Waals surface area contributed by atoms with Crippen molar-refractivity contribution in [3.8, 4) is 5.75 Å². The van der Waals surface area contributed by atoms with Gasteiger partial charge in [0.1, 0.15) is 5.75 Å². The van der Waals surface area contributed by atoms with E-state index in [-0.39, 0.29) is 11.7 Å². The summed E-state index contributed by atoms with van der Waals surface area (Å²) < 4.78 is 47.3. The zero-order valence-corrected chi connectivity index (χ0v) is 15.1. The Morgan fingerprint density at radius 1 is 1.21 bits per heavy atom. The van der Waals surface area contributed by atoms with E-state index in [1.165, 1.54) is 18.2 Å². The lowest BCUT2D eigenvalue weighted by Crippen LogP contribution is -2.49. The van der Waals surface area contributed by atoms with Gasteiger partial charge in [-0.2, -0.15) is 0 Å². The van der Waals surface area contributed by atoms with Gasteiger partial charge in [0.05, 0.1) is 11.1 Å². The number of hydrogen-bond acceptors (Lipinski definition) is 3. The van der Waals surface area contributed by atoms with Crippen LogP contribution in [0.1, 0.15) is 53.2 Å². The van der Waals surface area contributed by atoms with Crippen molar-refractivity contribution in [3.63, 3.8) is 0 Å². The molecular weight excluding hydrogens is 373 g/mol. The SMILES string of the molecule is O=C(NC1(c2cccc(OC(F)(F)F)c2)CCOCC1)c1cc[nH]c1C1CC1. The van der Waals surface area contributed by atoms with Gasteiger partial charge in [-0.15, -0.1) is 13.2 Å². The average Bonchev–Trinajstić information content (AvgIpc) is 3.37. The monoisotopic (exact) mass is 394 g/mol. The molecule has 1 aromatic carbocycles. The predicted octanol–water partition coefficient (Wildman–Crippen LogP) is 4.23. The number of H-pyrrole nitrogens is 1. The standard InChI is InChI=1S/C20H21F3N2O3/c21-20(22,23)28-15-3-1-2-14(12-15)19(7-10-27-11-8-19)25-18(26)16-6-9-24-17(16)13-4-5-13/h1-3,6,9,12-13,24H,4-5,7-8,10-11H2,(H,25,26). The zero-order valence-electron chi connectivity index (χ0n) is 15.1. The quantitative estimate of drug-likeness (QED) is 0.798. The van der Waals surface area contributed by atoms with Crippen molar-refractivity contribution in [2.75, 3.05) is 13.2 Å². The van der Waals surface area contributed by atoms with E-state index in [2.05, 4.69) is 15.0 Å². The van der Waals surface area contributed by atoms with Crippen LogP contribution in [0.5, 0.6) is 5.75 Å². The van der Waals surface area contributed by atoms with E-state index in [4.69, 9.17) is 4.74 Å². The minimum absolute atomic E-state index is 0.229. The van der Waals surface area contributed by atoms with Gasteiger partial charge < -0.3 is 19.8 Å². The summed E-state index contributed by atoms with van der Waals surface area (Å²) in [7, 11) is 0. The van der Waals surface area contributed by atoms with Crippen LogP contribution < -0.4 is 10.1 Å². The number of hydrogen-bond donors (Lipinski definition) is 2. The molecule has 1 aliphatic carbocycles. The van der Waals surface area contributed by atoms with Crippen molar-refractivity contribution in [1.29, 1.82) is 0 Å². The van der Waals surface area contributed by atoms with Gasteiger partial charge in [0.2, 0.25) is 0 Å². The van der Waals surface area contributed by atoms with Crippen LogP contribution in [0.2, 0.25) is 0 Å². The number of aromatic amines is 1. The van der Waals surface area contributed by atoms with Crippen LogP contribution in [0.25, 0.3) is 0 Å². The van der Waals surface area contributed by atoms with Crippen LogP contribution in [0.4, 0.5) is 13.2 Å². The summed E-state index contributed by atoms with van der Waals surface area (Å²) in [6.45, 7) is 0.820. The molecule has 1 aliphatic heterocycles. The largest absolute Gasteiger partial charge is 0.573 e. The number of rotatable bonds is 5. The summed E-state index contributed by atoms with van der Waals surface area (Å²) >= 11 is 0. The molecule has 28 heavy (non-hydrogen) atoms. The first-order valence-electron chi connectivity index (χ1n) is 9.30. The van der Waals surface area contributed by atoms with Crippen LogP contribution in [0.3, 0.4) is 0 Å². The predicted molar refractivity (Wildman–Crippen MR) is 95.1 cm³/mol. The number of nitrogens with one attached hydrogen (secondary N) is 2. The molecule has 1 saturated carbocycles.